The Balaban J connectivity index is 1.70. The standard InChI is InChI=1S/C23H19FN4O2S/c1-13-6-3-4-9-17(13)27-21-18(10-15(12-26-21)22(29)25-2)28-23(30)19-11-14-7-5-8-16(24)20(14)31-19/h3-12H,1-2H3,(H,25,29)(H,26,27)(H,28,30). The van der Waals surface area contributed by atoms with Gasteiger partial charge in [0.25, 0.3) is 11.8 Å². The molecule has 4 aromatic rings. The van der Waals surface area contributed by atoms with Gasteiger partial charge >= 0.3 is 0 Å². The molecule has 31 heavy (non-hydrogen) atoms. The van der Waals surface area contributed by atoms with E-state index < -0.39 is 5.91 Å². The highest BCUT2D eigenvalue weighted by molar-refractivity contribution is 7.21. The van der Waals surface area contributed by atoms with Crippen LogP contribution in [0.3, 0.4) is 0 Å². The van der Waals surface area contributed by atoms with Crippen LogP contribution >= 0.6 is 11.3 Å². The van der Waals surface area contributed by atoms with Gasteiger partial charge in [-0.3, -0.25) is 9.59 Å². The topological polar surface area (TPSA) is 83.1 Å². The average Bonchev–Trinajstić information content (AvgIpc) is 3.22. The SMILES string of the molecule is CNC(=O)c1cnc(Nc2ccccc2C)c(NC(=O)c2cc3cccc(F)c3s2)c1. The molecule has 156 valence electrons. The van der Waals surface area contributed by atoms with Gasteiger partial charge in [-0.05, 0) is 42.1 Å². The van der Waals surface area contributed by atoms with E-state index in [1.165, 1.54) is 19.3 Å². The van der Waals surface area contributed by atoms with E-state index in [1.807, 2.05) is 31.2 Å². The summed E-state index contributed by atoms with van der Waals surface area (Å²) in [7, 11) is 1.52. The predicted octanol–water partition coefficient (Wildman–Crippen LogP) is 5.10. The molecule has 0 aliphatic carbocycles. The number of halogens is 1. The summed E-state index contributed by atoms with van der Waals surface area (Å²) in [5, 5.41) is 9.22. The average molecular weight is 434 g/mol. The summed E-state index contributed by atoms with van der Waals surface area (Å²) in [5.74, 6) is -0.715. The zero-order valence-corrected chi connectivity index (χ0v) is 17.6. The molecule has 6 nitrogen and oxygen atoms in total. The number of para-hydroxylation sites is 1. The van der Waals surface area contributed by atoms with E-state index in [4.69, 9.17) is 0 Å². The number of fused-ring (bicyclic) bond motifs is 1. The number of aryl methyl sites for hydroxylation is 1. The molecule has 4 rings (SSSR count). The number of rotatable bonds is 5. The van der Waals surface area contributed by atoms with Gasteiger partial charge in [0.15, 0.2) is 5.82 Å². The number of hydrogen-bond acceptors (Lipinski definition) is 5. The third-order valence-corrected chi connectivity index (χ3v) is 5.90. The van der Waals surface area contributed by atoms with Gasteiger partial charge in [0.1, 0.15) is 5.82 Å². The summed E-state index contributed by atoms with van der Waals surface area (Å²) in [4.78, 5) is 29.7. The summed E-state index contributed by atoms with van der Waals surface area (Å²) in [6.07, 6.45) is 1.43. The molecule has 0 bridgehead atoms. The van der Waals surface area contributed by atoms with Crippen LogP contribution in [-0.2, 0) is 0 Å². The molecule has 0 saturated carbocycles. The number of amides is 2. The van der Waals surface area contributed by atoms with Crippen LogP contribution in [0.25, 0.3) is 10.1 Å². The maximum absolute atomic E-state index is 14.0. The molecule has 0 atom stereocenters. The number of hydrogen-bond donors (Lipinski definition) is 3. The Labute approximate surface area is 182 Å². The summed E-state index contributed by atoms with van der Waals surface area (Å²) < 4.78 is 14.4. The van der Waals surface area contributed by atoms with E-state index in [2.05, 4.69) is 20.9 Å². The number of pyridine rings is 1. The first-order valence-electron chi connectivity index (χ1n) is 9.50. The summed E-state index contributed by atoms with van der Waals surface area (Å²) in [5.41, 5.74) is 2.46. The Morgan fingerprint density at radius 3 is 2.55 bits per heavy atom. The molecule has 0 radical (unpaired) electrons. The fourth-order valence-corrected chi connectivity index (χ4v) is 4.05. The Kier molecular flexibility index (Phi) is 5.64. The molecule has 8 heteroatoms. The minimum atomic E-state index is -0.413. The van der Waals surface area contributed by atoms with Gasteiger partial charge in [-0.25, -0.2) is 9.37 Å². The number of benzene rings is 2. The first kappa shape index (κ1) is 20.5. The lowest BCUT2D eigenvalue weighted by Crippen LogP contribution is -2.19. The van der Waals surface area contributed by atoms with Crippen LogP contribution in [-0.4, -0.2) is 23.8 Å². The highest BCUT2D eigenvalue weighted by atomic mass is 32.1. The first-order valence-corrected chi connectivity index (χ1v) is 10.3. The van der Waals surface area contributed by atoms with Crippen LogP contribution < -0.4 is 16.0 Å². The number of carbonyl (C=O) groups excluding carboxylic acids is 2. The third kappa shape index (κ3) is 4.24. The zero-order chi connectivity index (χ0) is 22.0. The smallest absolute Gasteiger partial charge is 0.265 e. The van der Waals surface area contributed by atoms with Crippen molar-refractivity contribution >= 4 is 50.4 Å². The van der Waals surface area contributed by atoms with Gasteiger partial charge in [0.05, 0.1) is 20.8 Å². The van der Waals surface area contributed by atoms with Crippen LogP contribution in [0.5, 0.6) is 0 Å². The summed E-state index contributed by atoms with van der Waals surface area (Å²) >= 11 is 1.07. The molecule has 0 unspecified atom stereocenters. The van der Waals surface area contributed by atoms with Crippen molar-refractivity contribution in [3.05, 3.63) is 82.6 Å². The fraction of sp³-hybridized carbons (Fsp3) is 0.0870. The number of nitrogens with one attached hydrogen (secondary N) is 3. The molecule has 2 aromatic carbocycles. The van der Waals surface area contributed by atoms with Gasteiger partial charge in [-0.1, -0.05) is 30.3 Å². The lowest BCUT2D eigenvalue weighted by molar-refractivity contribution is 0.0961. The molecular weight excluding hydrogens is 415 g/mol. The molecule has 2 amide bonds. The van der Waals surface area contributed by atoms with Crippen molar-refractivity contribution in [3.63, 3.8) is 0 Å². The summed E-state index contributed by atoms with van der Waals surface area (Å²) in [6, 6.07) is 15.6. The van der Waals surface area contributed by atoms with E-state index in [-0.39, 0.29) is 11.7 Å². The zero-order valence-electron chi connectivity index (χ0n) is 16.8. The second-order valence-corrected chi connectivity index (χ2v) is 7.91. The lowest BCUT2D eigenvalue weighted by atomic mass is 10.2. The third-order valence-electron chi connectivity index (χ3n) is 4.74. The molecule has 2 aromatic heterocycles. The monoisotopic (exact) mass is 434 g/mol. The van der Waals surface area contributed by atoms with Crippen molar-refractivity contribution in [3.8, 4) is 0 Å². The number of carbonyl (C=O) groups is 2. The van der Waals surface area contributed by atoms with Crippen molar-refractivity contribution < 1.29 is 14.0 Å². The Morgan fingerprint density at radius 2 is 1.81 bits per heavy atom. The van der Waals surface area contributed by atoms with Gasteiger partial charge < -0.3 is 16.0 Å². The van der Waals surface area contributed by atoms with E-state index in [0.717, 1.165) is 22.6 Å². The quantitative estimate of drug-likeness (QED) is 0.408. The van der Waals surface area contributed by atoms with Crippen molar-refractivity contribution in [1.82, 2.24) is 10.3 Å². The minimum Gasteiger partial charge on any atom is -0.355 e. The largest absolute Gasteiger partial charge is 0.355 e. The predicted molar refractivity (Wildman–Crippen MR) is 122 cm³/mol. The van der Waals surface area contributed by atoms with Gasteiger partial charge in [-0.2, -0.15) is 0 Å². The number of nitrogens with zero attached hydrogens (tertiary/aromatic N) is 1. The van der Waals surface area contributed by atoms with Crippen LogP contribution in [0.15, 0.2) is 60.8 Å². The molecule has 0 fully saturated rings. The Morgan fingerprint density at radius 1 is 1.00 bits per heavy atom. The molecule has 0 spiro atoms. The van der Waals surface area contributed by atoms with Crippen LogP contribution in [0.4, 0.5) is 21.6 Å². The van der Waals surface area contributed by atoms with E-state index in [9.17, 15) is 14.0 Å². The van der Waals surface area contributed by atoms with Crippen molar-refractivity contribution in [2.75, 3.05) is 17.7 Å². The van der Waals surface area contributed by atoms with E-state index in [1.54, 1.807) is 24.3 Å². The normalized spacial score (nSPS) is 10.7. The summed E-state index contributed by atoms with van der Waals surface area (Å²) in [6.45, 7) is 1.95. The number of aromatic nitrogens is 1. The van der Waals surface area contributed by atoms with Crippen LogP contribution in [0.2, 0.25) is 0 Å². The minimum absolute atomic E-state index is 0.301. The Hall–Kier alpha value is -3.78. The maximum atomic E-state index is 14.0. The van der Waals surface area contributed by atoms with Crippen molar-refractivity contribution in [2.45, 2.75) is 6.92 Å². The molecular formula is C23H19FN4O2S. The van der Waals surface area contributed by atoms with Gasteiger partial charge in [-0.15, -0.1) is 11.3 Å². The van der Waals surface area contributed by atoms with Crippen molar-refractivity contribution in [1.29, 1.82) is 0 Å². The second kappa shape index (κ2) is 8.53. The second-order valence-electron chi connectivity index (χ2n) is 6.86. The highest BCUT2D eigenvalue weighted by Gasteiger charge is 2.17. The molecule has 0 aliphatic heterocycles. The van der Waals surface area contributed by atoms with Gasteiger partial charge in [0.2, 0.25) is 0 Å². The molecule has 0 saturated heterocycles. The van der Waals surface area contributed by atoms with E-state index >= 15 is 0 Å². The van der Waals surface area contributed by atoms with Gasteiger partial charge in [0, 0.05) is 18.9 Å². The van der Waals surface area contributed by atoms with Crippen LogP contribution in [0.1, 0.15) is 25.6 Å². The maximum Gasteiger partial charge on any atom is 0.265 e. The number of anilines is 3. The van der Waals surface area contributed by atoms with Crippen molar-refractivity contribution in [2.24, 2.45) is 0 Å². The van der Waals surface area contributed by atoms with E-state index in [0.29, 0.717) is 32.0 Å². The molecule has 2 heterocycles. The highest BCUT2D eigenvalue weighted by Crippen LogP contribution is 2.30. The molecule has 0 aliphatic rings. The van der Waals surface area contributed by atoms with Crippen LogP contribution in [0, 0.1) is 12.7 Å². The molecule has 3 N–H and O–H groups in total. The first-order chi connectivity index (χ1) is 15.0. The number of thiophene rings is 1. The lowest BCUT2D eigenvalue weighted by Gasteiger charge is -2.14. The fourth-order valence-electron chi connectivity index (χ4n) is 3.09. The Bertz CT molecular complexity index is 1300.